The Kier molecular flexibility index (Phi) is 8.78. The number of carbonyl (C=O) groups is 2. The minimum Gasteiger partial charge on any atom is -0.473 e. The molecule has 8 heteroatoms. The number of fused-ring (bicyclic) bond motifs is 2. The molecule has 198 valence electrons. The first-order valence-electron chi connectivity index (χ1n) is 12.7. The molecule has 0 saturated carbocycles. The number of nitrogens with one attached hydrogen (secondary N) is 2. The van der Waals surface area contributed by atoms with Crippen molar-refractivity contribution in [1.82, 2.24) is 19.8 Å². The highest BCUT2D eigenvalue weighted by Gasteiger charge is 2.13. The predicted molar refractivity (Wildman–Crippen MR) is 152 cm³/mol. The summed E-state index contributed by atoms with van der Waals surface area (Å²) in [5.41, 5.74) is 8.13. The third-order valence-electron chi connectivity index (χ3n) is 6.75. The smallest absolute Gasteiger partial charge is 0.414 e. The maximum Gasteiger partial charge on any atom is 0.414 e. The van der Waals surface area contributed by atoms with Crippen molar-refractivity contribution in [2.45, 2.75) is 12.8 Å². The molecule has 38 heavy (non-hydrogen) atoms. The van der Waals surface area contributed by atoms with Gasteiger partial charge in [0.2, 0.25) is 0 Å². The molecule has 6 rings (SSSR count). The van der Waals surface area contributed by atoms with Crippen LogP contribution in [-0.4, -0.2) is 82.2 Å². The van der Waals surface area contributed by atoms with Gasteiger partial charge in [-0.05, 0) is 73.5 Å². The number of rotatable bonds is 2. The highest BCUT2D eigenvalue weighted by Crippen LogP contribution is 2.28. The molecule has 0 spiro atoms. The van der Waals surface area contributed by atoms with Crippen molar-refractivity contribution in [2.24, 2.45) is 0 Å². The van der Waals surface area contributed by atoms with Crippen molar-refractivity contribution < 1.29 is 19.8 Å². The van der Waals surface area contributed by atoms with E-state index in [-0.39, 0.29) is 0 Å². The molecule has 4 aromatic rings. The number of carboxylic acids is 2. The summed E-state index contributed by atoms with van der Waals surface area (Å²) in [5, 5.41) is 17.5. The summed E-state index contributed by atoms with van der Waals surface area (Å²) < 4.78 is 0. The van der Waals surface area contributed by atoms with E-state index in [4.69, 9.17) is 19.8 Å². The molecule has 0 amide bonds. The van der Waals surface area contributed by atoms with Crippen LogP contribution in [0.4, 0.5) is 0 Å². The summed E-state index contributed by atoms with van der Waals surface area (Å²) >= 11 is 0. The van der Waals surface area contributed by atoms with Crippen molar-refractivity contribution in [3.8, 4) is 0 Å². The third kappa shape index (κ3) is 6.59. The first-order chi connectivity index (χ1) is 18.3. The predicted octanol–water partition coefficient (Wildman–Crippen LogP) is 4.93. The molecule has 8 nitrogen and oxygen atoms in total. The van der Waals surface area contributed by atoms with Crippen molar-refractivity contribution in [2.75, 3.05) is 40.3 Å². The zero-order valence-corrected chi connectivity index (χ0v) is 21.8. The fourth-order valence-electron chi connectivity index (χ4n) is 4.91. The number of hydrogen-bond acceptors (Lipinski definition) is 4. The quantitative estimate of drug-likeness (QED) is 0.282. The van der Waals surface area contributed by atoms with Gasteiger partial charge >= 0.3 is 11.9 Å². The molecule has 2 aliphatic rings. The number of hydrogen-bond donors (Lipinski definition) is 4. The van der Waals surface area contributed by atoms with Gasteiger partial charge in [0.05, 0.1) is 0 Å². The SMILES string of the molecule is CN1CCC=C(c2cccc3[nH]ccc23)C1.CN1CCC=C(c2cccc3[nH]ccc23)C1.O=C(O)C(=O)O. The monoisotopic (exact) mass is 514 g/mol. The molecule has 0 radical (unpaired) electrons. The van der Waals surface area contributed by atoms with Crippen LogP contribution in [0, 0.1) is 0 Å². The molecule has 2 aromatic carbocycles. The molecule has 0 bridgehead atoms. The fourth-order valence-corrected chi connectivity index (χ4v) is 4.91. The van der Waals surface area contributed by atoms with Gasteiger partial charge < -0.3 is 30.0 Å². The Morgan fingerprint density at radius 1 is 0.684 bits per heavy atom. The van der Waals surface area contributed by atoms with E-state index in [1.165, 1.54) is 57.2 Å². The van der Waals surface area contributed by atoms with Crippen LogP contribution in [0.3, 0.4) is 0 Å². The molecular weight excluding hydrogens is 480 g/mol. The van der Waals surface area contributed by atoms with E-state index in [2.05, 4.69) is 94.5 Å². The van der Waals surface area contributed by atoms with Crippen LogP contribution in [-0.2, 0) is 9.59 Å². The standard InChI is InChI=1S/2C14H16N2.C2H2O4/c2*1-16-9-3-4-11(10-16)12-5-2-6-14-13(12)7-8-15-14;3-1(4)2(5)6/h2*2,4-8,15H,3,9-10H2,1H3;(H,3,4)(H,5,6). The maximum absolute atomic E-state index is 9.10. The van der Waals surface area contributed by atoms with Gasteiger partial charge in [-0.25, -0.2) is 9.59 Å². The Morgan fingerprint density at radius 2 is 1.11 bits per heavy atom. The molecule has 0 aliphatic carbocycles. The van der Waals surface area contributed by atoms with Crippen LogP contribution in [0.15, 0.2) is 73.1 Å². The number of aromatic amines is 2. The van der Waals surface area contributed by atoms with E-state index in [0.29, 0.717) is 0 Å². The highest BCUT2D eigenvalue weighted by atomic mass is 16.4. The normalized spacial score (nSPS) is 16.1. The molecule has 0 saturated heterocycles. The van der Waals surface area contributed by atoms with Crippen molar-refractivity contribution in [3.05, 3.63) is 84.2 Å². The maximum atomic E-state index is 9.10. The largest absolute Gasteiger partial charge is 0.473 e. The van der Waals surface area contributed by atoms with Crippen LogP contribution in [0.25, 0.3) is 33.0 Å². The summed E-state index contributed by atoms with van der Waals surface area (Å²) in [5.74, 6) is -3.65. The Labute approximate surface area is 221 Å². The molecular formula is C30H34N4O4. The third-order valence-corrected chi connectivity index (χ3v) is 6.75. The highest BCUT2D eigenvalue weighted by molar-refractivity contribution is 6.27. The summed E-state index contributed by atoms with van der Waals surface area (Å²) in [7, 11) is 4.37. The van der Waals surface area contributed by atoms with E-state index in [1.54, 1.807) is 0 Å². The van der Waals surface area contributed by atoms with Crippen LogP contribution in [0.1, 0.15) is 24.0 Å². The van der Waals surface area contributed by atoms with Crippen molar-refractivity contribution in [3.63, 3.8) is 0 Å². The number of carboxylic acid groups (broad SMARTS) is 2. The van der Waals surface area contributed by atoms with E-state index in [9.17, 15) is 0 Å². The lowest BCUT2D eigenvalue weighted by atomic mass is 9.98. The first kappa shape index (κ1) is 26.9. The Morgan fingerprint density at radius 3 is 1.47 bits per heavy atom. The van der Waals surface area contributed by atoms with Gasteiger partial charge in [0.15, 0.2) is 0 Å². The molecule has 0 atom stereocenters. The zero-order valence-electron chi connectivity index (χ0n) is 21.8. The van der Waals surface area contributed by atoms with Gasteiger partial charge in [-0.3, -0.25) is 0 Å². The number of likely N-dealkylation sites (N-methyl/N-ethyl adjacent to an activating group) is 2. The summed E-state index contributed by atoms with van der Waals surface area (Å²) in [6.45, 7) is 4.47. The molecule has 4 N–H and O–H groups in total. The minimum absolute atomic E-state index is 1.06. The second-order valence-electron chi connectivity index (χ2n) is 9.61. The van der Waals surface area contributed by atoms with E-state index >= 15 is 0 Å². The topological polar surface area (TPSA) is 113 Å². The lowest BCUT2D eigenvalue weighted by Crippen LogP contribution is -2.24. The van der Waals surface area contributed by atoms with Crippen LogP contribution in [0.2, 0.25) is 0 Å². The number of H-pyrrole nitrogens is 2. The lowest BCUT2D eigenvalue weighted by molar-refractivity contribution is -0.159. The summed E-state index contributed by atoms with van der Waals surface area (Å²) in [6, 6.07) is 17.3. The lowest BCUT2D eigenvalue weighted by Gasteiger charge is -2.23. The van der Waals surface area contributed by atoms with Gasteiger partial charge in [0, 0.05) is 60.4 Å². The average molecular weight is 515 g/mol. The van der Waals surface area contributed by atoms with Crippen molar-refractivity contribution >= 4 is 44.9 Å². The zero-order chi connectivity index (χ0) is 27.1. The second-order valence-corrected chi connectivity index (χ2v) is 9.61. The van der Waals surface area contributed by atoms with Gasteiger partial charge in [-0.1, -0.05) is 36.4 Å². The van der Waals surface area contributed by atoms with E-state index in [0.717, 1.165) is 25.9 Å². The molecule has 4 heterocycles. The first-order valence-corrected chi connectivity index (χ1v) is 12.7. The average Bonchev–Trinajstić information content (AvgIpc) is 3.59. The fraction of sp³-hybridized carbons (Fsp3) is 0.267. The van der Waals surface area contributed by atoms with E-state index in [1.807, 2.05) is 12.4 Å². The number of benzene rings is 2. The molecule has 2 aromatic heterocycles. The number of nitrogens with zero attached hydrogens (tertiary/aromatic N) is 2. The van der Waals surface area contributed by atoms with Gasteiger partial charge in [-0.2, -0.15) is 0 Å². The Balaban J connectivity index is 0.000000147. The van der Waals surface area contributed by atoms with Crippen LogP contribution < -0.4 is 0 Å². The number of aromatic nitrogens is 2. The molecule has 0 unspecified atom stereocenters. The minimum atomic E-state index is -1.82. The number of aliphatic carboxylic acids is 2. The Hall–Kier alpha value is -4.14. The Bertz CT molecular complexity index is 1370. The van der Waals surface area contributed by atoms with Gasteiger partial charge in [-0.15, -0.1) is 0 Å². The second kappa shape index (κ2) is 12.4. The van der Waals surface area contributed by atoms with Crippen LogP contribution in [0.5, 0.6) is 0 Å². The van der Waals surface area contributed by atoms with Crippen LogP contribution >= 0.6 is 0 Å². The van der Waals surface area contributed by atoms with Crippen molar-refractivity contribution in [1.29, 1.82) is 0 Å². The van der Waals surface area contributed by atoms with E-state index < -0.39 is 11.9 Å². The van der Waals surface area contributed by atoms with Gasteiger partial charge in [0.25, 0.3) is 0 Å². The summed E-state index contributed by atoms with van der Waals surface area (Å²) in [6.07, 6.45) is 11.1. The van der Waals surface area contributed by atoms with Gasteiger partial charge in [0.1, 0.15) is 0 Å². The molecule has 2 aliphatic heterocycles. The molecule has 0 fully saturated rings. The summed E-state index contributed by atoms with van der Waals surface area (Å²) in [4.78, 5) is 29.5.